The number of rotatable bonds is 5. The van der Waals surface area contributed by atoms with Crippen LogP contribution in [-0.4, -0.2) is 86.7 Å². The van der Waals surface area contributed by atoms with Crippen molar-refractivity contribution in [2.24, 2.45) is 0 Å². The van der Waals surface area contributed by atoms with Gasteiger partial charge in [0.25, 0.3) is 17.7 Å². The Balaban J connectivity index is 1.23. The van der Waals surface area contributed by atoms with Crippen LogP contribution in [0.2, 0.25) is 0 Å². The van der Waals surface area contributed by atoms with E-state index in [1.165, 1.54) is 18.2 Å². The molecule has 0 unspecified atom stereocenters. The largest absolute Gasteiger partial charge is 0.454 e. The SMILES string of the molecule is O=C(Nc1cc(C(=O)N2CCCNCC2)ccc1N1CCN(C(=O)c2cccc(F)c2)CC1)c1ccc2c(c1)OCO2. The normalized spacial score (nSPS) is 16.6. The lowest BCUT2D eigenvalue weighted by Gasteiger charge is -2.37. The molecular weight excluding hydrogens is 541 g/mol. The van der Waals surface area contributed by atoms with Crippen LogP contribution in [0.25, 0.3) is 0 Å². The Labute approximate surface area is 243 Å². The lowest BCUT2D eigenvalue weighted by Crippen LogP contribution is -2.49. The van der Waals surface area contributed by atoms with E-state index in [1.54, 1.807) is 41.3 Å². The number of amides is 3. The number of benzene rings is 3. The second kappa shape index (κ2) is 12.1. The van der Waals surface area contributed by atoms with Crippen LogP contribution in [0.1, 0.15) is 37.5 Å². The van der Waals surface area contributed by atoms with Crippen molar-refractivity contribution in [3.8, 4) is 11.5 Å². The smallest absolute Gasteiger partial charge is 0.255 e. The van der Waals surface area contributed by atoms with Crippen molar-refractivity contribution in [1.29, 1.82) is 0 Å². The van der Waals surface area contributed by atoms with E-state index in [0.717, 1.165) is 25.2 Å². The third-order valence-electron chi connectivity index (χ3n) is 7.73. The number of nitrogens with one attached hydrogen (secondary N) is 2. The van der Waals surface area contributed by atoms with Gasteiger partial charge in [0, 0.05) is 62.5 Å². The Hall–Kier alpha value is -4.64. The first kappa shape index (κ1) is 27.5. The summed E-state index contributed by atoms with van der Waals surface area (Å²) >= 11 is 0. The molecule has 10 nitrogen and oxygen atoms in total. The minimum Gasteiger partial charge on any atom is -0.454 e. The highest BCUT2D eigenvalue weighted by atomic mass is 19.1. The first-order valence-electron chi connectivity index (χ1n) is 14.1. The van der Waals surface area contributed by atoms with Crippen LogP contribution in [-0.2, 0) is 0 Å². The van der Waals surface area contributed by atoms with Crippen LogP contribution >= 0.6 is 0 Å². The van der Waals surface area contributed by atoms with Crippen LogP contribution in [0.3, 0.4) is 0 Å². The number of hydrogen-bond donors (Lipinski definition) is 2. The van der Waals surface area contributed by atoms with E-state index < -0.39 is 5.82 Å². The second-order valence-electron chi connectivity index (χ2n) is 10.4. The fourth-order valence-electron chi connectivity index (χ4n) is 5.46. The molecule has 2 N–H and O–H groups in total. The molecule has 0 radical (unpaired) electrons. The molecule has 0 aromatic heterocycles. The van der Waals surface area contributed by atoms with Gasteiger partial charge in [0.15, 0.2) is 11.5 Å². The lowest BCUT2D eigenvalue weighted by molar-refractivity contribution is 0.0743. The summed E-state index contributed by atoms with van der Waals surface area (Å²) in [5.74, 6) is -0.0303. The average Bonchev–Trinajstić information content (AvgIpc) is 3.32. The Kier molecular flexibility index (Phi) is 7.91. The zero-order chi connectivity index (χ0) is 29.1. The molecular formula is C31H32FN5O5. The molecule has 218 valence electrons. The lowest BCUT2D eigenvalue weighted by atomic mass is 10.1. The Bertz CT molecular complexity index is 1500. The number of ether oxygens (including phenoxy) is 2. The number of halogens is 1. The molecule has 2 fully saturated rings. The summed E-state index contributed by atoms with van der Waals surface area (Å²) in [7, 11) is 0. The first-order chi connectivity index (χ1) is 20.5. The second-order valence-corrected chi connectivity index (χ2v) is 10.4. The van der Waals surface area contributed by atoms with Gasteiger partial charge in [-0.1, -0.05) is 6.07 Å². The molecule has 6 rings (SSSR count). The summed E-state index contributed by atoms with van der Waals surface area (Å²) in [5.41, 5.74) is 2.44. The van der Waals surface area contributed by atoms with E-state index >= 15 is 0 Å². The Morgan fingerprint density at radius 3 is 2.29 bits per heavy atom. The van der Waals surface area contributed by atoms with Gasteiger partial charge in [-0.2, -0.15) is 0 Å². The molecule has 3 aromatic carbocycles. The van der Waals surface area contributed by atoms with Gasteiger partial charge < -0.3 is 34.8 Å². The van der Waals surface area contributed by atoms with E-state index in [0.29, 0.717) is 73.1 Å². The monoisotopic (exact) mass is 573 g/mol. The Morgan fingerprint density at radius 1 is 0.738 bits per heavy atom. The van der Waals surface area contributed by atoms with E-state index in [1.807, 2.05) is 11.0 Å². The maximum Gasteiger partial charge on any atom is 0.255 e. The summed E-state index contributed by atoms with van der Waals surface area (Å²) < 4.78 is 24.5. The summed E-state index contributed by atoms with van der Waals surface area (Å²) in [6, 6.07) is 16.0. The number of piperazine rings is 1. The minimum atomic E-state index is -0.451. The van der Waals surface area contributed by atoms with Crippen LogP contribution in [0, 0.1) is 5.82 Å². The highest BCUT2D eigenvalue weighted by Crippen LogP contribution is 2.34. The number of anilines is 2. The summed E-state index contributed by atoms with van der Waals surface area (Å²) in [6.45, 7) is 4.82. The zero-order valence-electron chi connectivity index (χ0n) is 23.1. The average molecular weight is 574 g/mol. The molecule has 3 amide bonds. The van der Waals surface area contributed by atoms with E-state index in [2.05, 4.69) is 15.5 Å². The van der Waals surface area contributed by atoms with Gasteiger partial charge >= 0.3 is 0 Å². The molecule has 0 bridgehead atoms. The standard InChI is InChI=1S/C31H32FN5O5/c32-24-4-1-3-22(17-24)30(39)37-15-13-35(14-16-37)26-7-5-23(31(40)36-11-2-9-33-10-12-36)18-25(26)34-29(38)21-6-8-27-28(19-21)42-20-41-27/h1,3-8,17-19,33H,2,9-16,20H2,(H,34,38). The van der Waals surface area contributed by atoms with Gasteiger partial charge in [-0.15, -0.1) is 0 Å². The van der Waals surface area contributed by atoms with Crippen molar-refractivity contribution < 1.29 is 28.2 Å². The van der Waals surface area contributed by atoms with Gasteiger partial charge in [0.1, 0.15) is 5.82 Å². The third-order valence-corrected chi connectivity index (χ3v) is 7.73. The summed E-state index contributed by atoms with van der Waals surface area (Å²) in [5, 5.41) is 6.32. The van der Waals surface area contributed by atoms with Gasteiger partial charge in [-0.25, -0.2) is 4.39 Å². The van der Waals surface area contributed by atoms with Crippen molar-refractivity contribution in [3.63, 3.8) is 0 Å². The fourth-order valence-corrected chi connectivity index (χ4v) is 5.46. The fraction of sp³-hybridized carbons (Fsp3) is 0.323. The van der Waals surface area contributed by atoms with Crippen molar-refractivity contribution in [2.45, 2.75) is 6.42 Å². The highest BCUT2D eigenvalue weighted by molar-refractivity contribution is 6.07. The number of carbonyl (C=O) groups excluding carboxylic acids is 3. The number of fused-ring (bicyclic) bond motifs is 1. The van der Waals surface area contributed by atoms with Crippen molar-refractivity contribution in [1.82, 2.24) is 15.1 Å². The van der Waals surface area contributed by atoms with Crippen LogP contribution in [0.5, 0.6) is 11.5 Å². The molecule has 42 heavy (non-hydrogen) atoms. The first-order valence-corrected chi connectivity index (χ1v) is 14.1. The molecule has 3 aliphatic rings. The topological polar surface area (TPSA) is 103 Å². The third kappa shape index (κ3) is 5.87. The van der Waals surface area contributed by atoms with Crippen molar-refractivity contribution in [2.75, 3.05) is 69.4 Å². The highest BCUT2D eigenvalue weighted by Gasteiger charge is 2.26. The predicted octanol–water partition coefficient (Wildman–Crippen LogP) is 3.20. The maximum atomic E-state index is 13.7. The molecule has 0 atom stereocenters. The van der Waals surface area contributed by atoms with Crippen molar-refractivity contribution >= 4 is 29.1 Å². The molecule has 0 spiro atoms. The molecule has 2 saturated heterocycles. The molecule has 0 saturated carbocycles. The van der Waals surface area contributed by atoms with Gasteiger partial charge in [-0.3, -0.25) is 14.4 Å². The van der Waals surface area contributed by atoms with Crippen LogP contribution < -0.4 is 25.0 Å². The molecule has 11 heteroatoms. The van der Waals surface area contributed by atoms with Gasteiger partial charge in [0.05, 0.1) is 11.4 Å². The van der Waals surface area contributed by atoms with Crippen molar-refractivity contribution in [3.05, 3.63) is 83.2 Å². The van der Waals surface area contributed by atoms with E-state index in [4.69, 9.17) is 9.47 Å². The van der Waals surface area contributed by atoms with E-state index in [9.17, 15) is 18.8 Å². The molecule has 3 aliphatic heterocycles. The minimum absolute atomic E-state index is 0.0886. The molecule has 3 aromatic rings. The number of hydrogen-bond acceptors (Lipinski definition) is 7. The molecule has 0 aliphatic carbocycles. The molecule has 3 heterocycles. The zero-order valence-corrected chi connectivity index (χ0v) is 23.1. The van der Waals surface area contributed by atoms with E-state index in [-0.39, 0.29) is 24.5 Å². The van der Waals surface area contributed by atoms with Crippen LogP contribution in [0.4, 0.5) is 15.8 Å². The summed E-state index contributed by atoms with van der Waals surface area (Å²) in [6.07, 6.45) is 0.871. The van der Waals surface area contributed by atoms with Crippen LogP contribution in [0.15, 0.2) is 60.7 Å². The predicted molar refractivity (Wildman–Crippen MR) is 155 cm³/mol. The number of carbonyl (C=O) groups is 3. The maximum absolute atomic E-state index is 13.7. The Morgan fingerprint density at radius 2 is 1.48 bits per heavy atom. The van der Waals surface area contributed by atoms with Gasteiger partial charge in [0.2, 0.25) is 6.79 Å². The quantitative estimate of drug-likeness (QED) is 0.483. The van der Waals surface area contributed by atoms with Gasteiger partial charge in [-0.05, 0) is 67.6 Å². The number of nitrogens with zero attached hydrogens (tertiary/aromatic N) is 3. The summed E-state index contributed by atoms with van der Waals surface area (Å²) in [4.78, 5) is 45.4.